The maximum absolute atomic E-state index is 13.2. The molecule has 0 saturated carbocycles. The van der Waals surface area contributed by atoms with E-state index in [-0.39, 0.29) is 16.2 Å². The number of quaternary nitrogens is 1. The van der Waals surface area contributed by atoms with Gasteiger partial charge in [0.15, 0.2) is 5.69 Å². The quantitative estimate of drug-likeness (QED) is 0.472. The lowest BCUT2D eigenvalue weighted by Crippen LogP contribution is -2.56. The van der Waals surface area contributed by atoms with Gasteiger partial charge in [-0.25, -0.2) is 0 Å². The number of sulfonamides is 1. The second-order valence-electron chi connectivity index (χ2n) is 7.99. The Bertz CT molecular complexity index is 1250. The number of allylic oxidation sites excluding steroid dienone is 2. The van der Waals surface area contributed by atoms with Crippen molar-refractivity contribution in [2.75, 3.05) is 18.8 Å². The SMILES string of the molecule is CCS(=O)(=O)[N+]1(c2ccc(Oc3ccc(Cc4ccccc4)cc3)cc2)CC=CC=C1CN. The molecular formula is C27H29N2O3S+. The Balaban J connectivity index is 1.54. The van der Waals surface area contributed by atoms with Crippen molar-refractivity contribution in [1.29, 1.82) is 0 Å². The Morgan fingerprint density at radius 3 is 2.09 bits per heavy atom. The van der Waals surface area contributed by atoms with Gasteiger partial charge in [0.05, 0.1) is 12.3 Å². The normalized spacial score (nSPS) is 18.1. The van der Waals surface area contributed by atoms with Gasteiger partial charge in [-0.1, -0.05) is 48.5 Å². The van der Waals surface area contributed by atoms with Crippen LogP contribution in [-0.4, -0.2) is 27.3 Å². The number of benzene rings is 3. The van der Waals surface area contributed by atoms with E-state index in [1.54, 1.807) is 13.0 Å². The van der Waals surface area contributed by atoms with Crippen LogP contribution in [0.25, 0.3) is 0 Å². The smallest absolute Gasteiger partial charge is 0.306 e. The molecule has 5 nitrogen and oxygen atoms in total. The van der Waals surface area contributed by atoms with Crippen LogP contribution in [0, 0.1) is 0 Å². The van der Waals surface area contributed by atoms with Gasteiger partial charge in [-0.05, 0) is 60.9 Å². The van der Waals surface area contributed by atoms with Crippen LogP contribution in [0.2, 0.25) is 0 Å². The van der Waals surface area contributed by atoms with E-state index in [4.69, 9.17) is 10.5 Å². The molecule has 1 unspecified atom stereocenters. The molecule has 1 aliphatic heterocycles. The molecule has 0 amide bonds. The first-order valence-corrected chi connectivity index (χ1v) is 12.7. The Hall–Kier alpha value is -3.19. The highest BCUT2D eigenvalue weighted by Gasteiger charge is 2.46. The molecule has 0 spiro atoms. The average Bonchev–Trinajstić information content (AvgIpc) is 2.86. The summed E-state index contributed by atoms with van der Waals surface area (Å²) in [5, 5.41) is 0. The predicted octanol–water partition coefficient (Wildman–Crippen LogP) is 5.14. The van der Waals surface area contributed by atoms with Gasteiger partial charge in [0.2, 0.25) is 0 Å². The maximum Gasteiger partial charge on any atom is 0.306 e. The zero-order chi connectivity index (χ0) is 23.3. The summed E-state index contributed by atoms with van der Waals surface area (Å²) in [4.78, 5) is 0. The van der Waals surface area contributed by atoms with E-state index in [0.717, 1.165) is 12.2 Å². The van der Waals surface area contributed by atoms with Crippen LogP contribution in [-0.2, 0) is 16.4 Å². The molecule has 0 aromatic heterocycles. The second kappa shape index (κ2) is 9.75. The Labute approximate surface area is 196 Å². The average molecular weight is 462 g/mol. The summed E-state index contributed by atoms with van der Waals surface area (Å²) in [5.74, 6) is 1.40. The van der Waals surface area contributed by atoms with Crippen molar-refractivity contribution in [1.82, 2.24) is 3.89 Å². The molecule has 170 valence electrons. The van der Waals surface area contributed by atoms with Crippen LogP contribution in [0.15, 0.2) is 103 Å². The van der Waals surface area contributed by atoms with Gasteiger partial charge in [-0.3, -0.25) is 0 Å². The van der Waals surface area contributed by atoms with Gasteiger partial charge in [0.1, 0.15) is 23.7 Å². The lowest BCUT2D eigenvalue weighted by atomic mass is 10.1. The van der Waals surface area contributed by atoms with Gasteiger partial charge in [0.25, 0.3) is 0 Å². The third-order valence-corrected chi connectivity index (χ3v) is 8.24. The summed E-state index contributed by atoms with van der Waals surface area (Å²) >= 11 is 0. The number of rotatable bonds is 8. The molecule has 33 heavy (non-hydrogen) atoms. The second-order valence-corrected chi connectivity index (χ2v) is 10.3. The summed E-state index contributed by atoms with van der Waals surface area (Å²) in [6, 6.07) is 25.6. The number of ether oxygens (including phenoxy) is 1. The van der Waals surface area contributed by atoms with Crippen molar-refractivity contribution in [2.45, 2.75) is 13.3 Å². The molecule has 0 saturated heterocycles. The first-order valence-electron chi connectivity index (χ1n) is 11.1. The van der Waals surface area contributed by atoms with Crippen molar-refractivity contribution in [3.05, 3.63) is 114 Å². The van der Waals surface area contributed by atoms with E-state index in [0.29, 0.717) is 23.7 Å². The lowest BCUT2D eigenvalue weighted by molar-refractivity contribution is 0.476. The van der Waals surface area contributed by atoms with Crippen LogP contribution in [0.1, 0.15) is 18.1 Å². The predicted molar refractivity (Wildman–Crippen MR) is 135 cm³/mol. The summed E-state index contributed by atoms with van der Waals surface area (Å²) in [7, 11) is -3.50. The Morgan fingerprint density at radius 1 is 0.879 bits per heavy atom. The summed E-state index contributed by atoms with van der Waals surface area (Å²) in [5.41, 5.74) is 9.74. The molecule has 6 heteroatoms. The number of hydrogen-bond donors (Lipinski definition) is 1. The molecule has 0 aliphatic carbocycles. The van der Waals surface area contributed by atoms with Gasteiger partial charge in [-0.2, -0.15) is 12.3 Å². The van der Waals surface area contributed by atoms with E-state index in [2.05, 4.69) is 24.3 Å². The zero-order valence-corrected chi connectivity index (χ0v) is 19.5. The minimum Gasteiger partial charge on any atom is -0.457 e. The van der Waals surface area contributed by atoms with Crippen molar-refractivity contribution in [2.24, 2.45) is 5.73 Å². The monoisotopic (exact) mass is 461 g/mol. The summed E-state index contributed by atoms with van der Waals surface area (Å²) in [6.07, 6.45) is 6.40. The molecule has 3 aromatic carbocycles. The molecule has 0 radical (unpaired) electrons. The fraction of sp³-hybridized carbons (Fsp3) is 0.185. The molecule has 3 aromatic rings. The molecule has 0 fully saturated rings. The third-order valence-electron chi connectivity index (χ3n) is 5.96. The molecule has 0 bridgehead atoms. The van der Waals surface area contributed by atoms with Crippen LogP contribution in [0.3, 0.4) is 0 Å². The summed E-state index contributed by atoms with van der Waals surface area (Å²) < 4.78 is 32.1. The molecule has 4 rings (SSSR count). The minimum atomic E-state index is -3.50. The zero-order valence-electron chi connectivity index (χ0n) is 18.7. The Kier molecular flexibility index (Phi) is 6.79. The van der Waals surface area contributed by atoms with E-state index >= 15 is 0 Å². The van der Waals surface area contributed by atoms with Crippen LogP contribution in [0.4, 0.5) is 5.69 Å². The third kappa shape index (κ3) is 4.64. The van der Waals surface area contributed by atoms with Crippen LogP contribution < -0.4 is 14.4 Å². The highest BCUT2D eigenvalue weighted by Crippen LogP contribution is 2.37. The lowest BCUT2D eigenvalue weighted by Gasteiger charge is -2.37. The molecule has 1 heterocycles. The van der Waals surface area contributed by atoms with Crippen LogP contribution in [0.5, 0.6) is 11.5 Å². The first-order chi connectivity index (χ1) is 16.0. The van der Waals surface area contributed by atoms with Crippen molar-refractivity contribution in [3.63, 3.8) is 0 Å². The van der Waals surface area contributed by atoms with Crippen molar-refractivity contribution < 1.29 is 13.2 Å². The fourth-order valence-corrected chi connectivity index (χ4v) is 5.87. The van der Waals surface area contributed by atoms with Crippen molar-refractivity contribution >= 4 is 15.7 Å². The highest BCUT2D eigenvalue weighted by molar-refractivity contribution is 7.91. The molecular weight excluding hydrogens is 432 g/mol. The summed E-state index contributed by atoms with van der Waals surface area (Å²) in [6.45, 7) is 2.15. The van der Waals surface area contributed by atoms with E-state index in [1.807, 2.05) is 66.7 Å². The van der Waals surface area contributed by atoms with E-state index in [1.165, 1.54) is 11.1 Å². The van der Waals surface area contributed by atoms with Gasteiger partial charge < -0.3 is 10.5 Å². The van der Waals surface area contributed by atoms with Crippen LogP contribution >= 0.6 is 0 Å². The molecule has 1 aliphatic rings. The molecule has 1 atom stereocenters. The number of nitrogens with two attached hydrogens (primary N) is 1. The van der Waals surface area contributed by atoms with Gasteiger partial charge in [0, 0.05) is 12.1 Å². The van der Waals surface area contributed by atoms with E-state index < -0.39 is 10.0 Å². The first kappa shape index (κ1) is 23.0. The van der Waals surface area contributed by atoms with Gasteiger partial charge >= 0.3 is 10.0 Å². The maximum atomic E-state index is 13.2. The topological polar surface area (TPSA) is 69.4 Å². The number of hydrogen-bond acceptors (Lipinski definition) is 4. The standard InChI is InChI=1S/C27H29N2O3S/c1-2-33(30,31)29(19-7-6-10-25(29)21-28)24-13-17-27(18-14-24)32-26-15-11-23(12-16-26)20-22-8-4-3-5-9-22/h3-18H,2,19-21,28H2,1H3/q+1. The Morgan fingerprint density at radius 2 is 1.48 bits per heavy atom. The number of nitrogens with zero attached hydrogens (tertiary/aromatic N) is 1. The largest absolute Gasteiger partial charge is 0.457 e. The van der Waals surface area contributed by atoms with Crippen molar-refractivity contribution in [3.8, 4) is 11.5 Å². The highest BCUT2D eigenvalue weighted by atomic mass is 32.2. The van der Waals surface area contributed by atoms with Gasteiger partial charge in [-0.15, -0.1) is 0 Å². The van der Waals surface area contributed by atoms with E-state index in [9.17, 15) is 8.42 Å². The minimum absolute atomic E-state index is 0.0196. The fourth-order valence-electron chi connectivity index (χ4n) is 4.18. The molecule has 2 N–H and O–H groups in total.